The van der Waals surface area contributed by atoms with Crippen molar-refractivity contribution in [2.45, 2.75) is 58.0 Å². The summed E-state index contributed by atoms with van der Waals surface area (Å²) in [6, 6.07) is 2.81. The maximum atomic E-state index is 6.20. The van der Waals surface area contributed by atoms with Crippen LogP contribution in [0.5, 0.6) is 0 Å². The van der Waals surface area contributed by atoms with Gasteiger partial charge in [-0.05, 0) is 44.2 Å². The van der Waals surface area contributed by atoms with Crippen molar-refractivity contribution >= 4 is 34.5 Å². The highest BCUT2D eigenvalue weighted by atomic mass is 35.5. The molecule has 1 saturated carbocycles. The molecule has 1 heterocycles. The average Bonchev–Trinajstić information content (AvgIpc) is 2.69. The molecule has 2 rings (SSSR count). The summed E-state index contributed by atoms with van der Waals surface area (Å²) in [7, 11) is 0. The van der Waals surface area contributed by atoms with Crippen LogP contribution in [0, 0.1) is 5.92 Å². The lowest BCUT2D eigenvalue weighted by Crippen LogP contribution is -2.36. The zero-order chi connectivity index (χ0) is 13.1. The van der Waals surface area contributed by atoms with Gasteiger partial charge in [0, 0.05) is 12.1 Å². The number of thiophene rings is 1. The number of nitrogens with one attached hydrogen (secondary N) is 1. The van der Waals surface area contributed by atoms with Crippen molar-refractivity contribution < 1.29 is 0 Å². The van der Waals surface area contributed by atoms with Gasteiger partial charge in [0.25, 0.3) is 0 Å². The monoisotopic (exact) mass is 305 g/mol. The first kappa shape index (κ1) is 14.6. The Morgan fingerprint density at radius 1 is 1.22 bits per heavy atom. The van der Waals surface area contributed by atoms with Gasteiger partial charge >= 0.3 is 0 Å². The SMILES string of the molecule is CC(N[C@@H](C)C1CCCCC1)c1cc(Cl)sc1Cl. The average molecular weight is 306 g/mol. The topological polar surface area (TPSA) is 12.0 Å². The van der Waals surface area contributed by atoms with Gasteiger partial charge < -0.3 is 5.32 Å². The van der Waals surface area contributed by atoms with E-state index in [1.807, 2.05) is 6.07 Å². The van der Waals surface area contributed by atoms with E-state index in [0.29, 0.717) is 6.04 Å². The van der Waals surface area contributed by atoms with Crippen LogP contribution in [0.3, 0.4) is 0 Å². The molecule has 1 N–H and O–H groups in total. The molecule has 0 radical (unpaired) electrons. The number of hydrogen-bond donors (Lipinski definition) is 1. The first-order valence-electron chi connectivity index (χ1n) is 6.78. The van der Waals surface area contributed by atoms with Crippen LogP contribution in [-0.2, 0) is 0 Å². The minimum Gasteiger partial charge on any atom is -0.307 e. The summed E-state index contributed by atoms with van der Waals surface area (Å²) >= 11 is 13.7. The van der Waals surface area contributed by atoms with Crippen molar-refractivity contribution in [3.63, 3.8) is 0 Å². The minimum absolute atomic E-state index is 0.276. The minimum atomic E-state index is 0.276. The Labute approximate surface area is 124 Å². The third-order valence-electron chi connectivity index (χ3n) is 4.02. The van der Waals surface area contributed by atoms with Gasteiger partial charge in [-0.1, -0.05) is 42.5 Å². The molecule has 102 valence electrons. The molecule has 1 nitrogen and oxygen atoms in total. The van der Waals surface area contributed by atoms with Crippen LogP contribution in [0.4, 0.5) is 0 Å². The summed E-state index contributed by atoms with van der Waals surface area (Å²) in [5.74, 6) is 0.814. The second-order valence-corrected chi connectivity index (χ2v) is 7.64. The molecule has 0 aliphatic heterocycles. The van der Waals surface area contributed by atoms with Gasteiger partial charge in [-0.15, -0.1) is 11.3 Å². The van der Waals surface area contributed by atoms with E-state index in [1.165, 1.54) is 43.4 Å². The Bertz CT molecular complexity index is 385. The van der Waals surface area contributed by atoms with Crippen molar-refractivity contribution in [1.29, 1.82) is 0 Å². The summed E-state index contributed by atoms with van der Waals surface area (Å²) < 4.78 is 1.59. The molecule has 0 saturated heterocycles. The van der Waals surface area contributed by atoms with Gasteiger partial charge in [0.2, 0.25) is 0 Å². The van der Waals surface area contributed by atoms with E-state index in [-0.39, 0.29) is 6.04 Å². The fourth-order valence-corrected chi connectivity index (χ4v) is 4.55. The third-order valence-corrected chi connectivity index (χ3v) is 5.54. The maximum absolute atomic E-state index is 6.20. The lowest BCUT2D eigenvalue weighted by molar-refractivity contribution is 0.268. The predicted molar refractivity (Wildman–Crippen MR) is 81.9 cm³/mol. The zero-order valence-electron chi connectivity index (χ0n) is 11.0. The molecule has 1 unspecified atom stereocenters. The fraction of sp³-hybridized carbons (Fsp3) is 0.714. The van der Waals surface area contributed by atoms with Crippen LogP contribution in [0.25, 0.3) is 0 Å². The van der Waals surface area contributed by atoms with Crippen molar-refractivity contribution in [1.82, 2.24) is 5.32 Å². The predicted octanol–water partition coefficient (Wildman–Crippen LogP) is 5.67. The van der Waals surface area contributed by atoms with Crippen molar-refractivity contribution in [2.75, 3.05) is 0 Å². The summed E-state index contributed by atoms with van der Waals surface area (Å²) in [6.07, 6.45) is 6.90. The molecule has 0 spiro atoms. The third kappa shape index (κ3) is 3.63. The van der Waals surface area contributed by atoms with E-state index in [0.717, 1.165) is 20.2 Å². The van der Waals surface area contributed by atoms with Gasteiger partial charge in [-0.3, -0.25) is 0 Å². The first-order valence-corrected chi connectivity index (χ1v) is 8.36. The maximum Gasteiger partial charge on any atom is 0.0991 e. The molecular weight excluding hydrogens is 285 g/mol. The van der Waals surface area contributed by atoms with Crippen molar-refractivity contribution in [2.24, 2.45) is 5.92 Å². The summed E-state index contributed by atoms with van der Waals surface area (Å²) in [5.41, 5.74) is 1.13. The van der Waals surface area contributed by atoms with Crippen LogP contribution in [-0.4, -0.2) is 6.04 Å². The van der Waals surface area contributed by atoms with Crippen molar-refractivity contribution in [3.05, 3.63) is 20.3 Å². The lowest BCUT2D eigenvalue weighted by Gasteiger charge is -2.30. The highest BCUT2D eigenvalue weighted by Gasteiger charge is 2.22. The Kier molecular flexibility index (Phi) is 5.37. The molecule has 0 amide bonds. The standard InChI is InChI=1S/C14H21Cl2NS/c1-9(11-6-4-3-5-7-11)17-10(2)12-8-13(15)18-14(12)16/h8-11,17H,3-7H2,1-2H3/t9-,10?/m0/s1. The molecule has 0 bridgehead atoms. The van der Waals surface area contributed by atoms with E-state index in [1.54, 1.807) is 0 Å². The van der Waals surface area contributed by atoms with Gasteiger partial charge in [0.05, 0.1) is 8.67 Å². The van der Waals surface area contributed by atoms with E-state index >= 15 is 0 Å². The molecule has 4 heteroatoms. The molecular formula is C14H21Cl2NS. The molecule has 2 atom stereocenters. The van der Waals surface area contributed by atoms with E-state index < -0.39 is 0 Å². The molecule has 0 aromatic carbocycles. The van der Waals surface area contributed by atoms with Gasteiger partial charge in [0.15, 0.2) is 0 Å². The molecule has 1 fully saturated rings. The summed E-state index contributed by atoms with van der Waals surface area (Å²) in [6.45, 7) is 4.47. The second kappa shape index (κ2) is 6.60. The molecule has 1 aromatic rings. The Hall–Kier alpha value is 0.240. The second-order valence-electron chi connectivity index (χ2n) is 5.35. The zero-order valence-corrected chi connectivity index (χ0v) is 13.3. The smallest absolute Gasteiger partial charge is 0.0991 e. The largest absolute Gasteiger partial charge is 0.307 e. The molecule has 1 aliphatic carbocycles. The Morgan fingerprint density at radius 3 is 2.44 bits per heavy atom. The summed E-state index contributed by atoms with van der Waals surface area (Å²) in [5, 5.41) is 3.68. The van der Waals surface area contributed by atoms with Crippen LogP contribution >= 0.6 is 34.5 Å². The lowest BCUT2D eigenvalue weighted by atomic mass is 9.84. The molecule has 18 heavy (non-hydrogen) atoms. The highest BCUT2D eigenvalue weighted by molar-refractivity contribution is 7.20. The fourth-order valence-electron chi connectivity index (χ4n) is 2.90. The molecule has 1 aliphatic rings. The van der Waals surface area contributed by atoms with Crippen LogP contribution in [0.1, 0.15) is 57.6 Å². The normalized spacial score (nSPS) is 20.9. The quantitative estimate of drug-likeness (QED) is 0.755. The Morgan fingerprint density at radius 2 is 1.89 bits per heavy atom. The van der Waals surface area contributed by atoms with E-state index in [4.69, 9.17) is 23.2 Å². The van der Waals surface area contributed by atoms with Crippen LogP contribution in [0.2, 0.25) is 8.67 Å². The van der Waals surface area contributed by atoms with Crippen LogP contribution < -0.4 is 5.32 Å². The van der Waals surface area contributed by atoms with Gasteiger partial charge in [0.1, 0.15) is 0 Å². The van der Waals surface area contributed by atoms with Gasteiger partial charge in [-0.2, -0.15) is 0 Å². The summed E-state index contributed by atoms with van der Waals surface area (Å²) in [4.78, 5) is 0. The van der Waals surface area contributed by atoms with E-state index in [2.05, 4.69) is 19.2 Å². The number of halogens is 2. The van der Waals surface area contributed by atoms with Crippen molar-refractivity contribution in [3.8, 4) is 0 Å². The van der Waals surface area contributed by atoms with E-state index in [9.17, 15) is 0 Å². The van der Waals surface area contributed by atoms with Crippen LogP contribution in [0.15, 0.2) is 6.07 Å². The molecule has 1 aromatic heterocycles. The van der Waals surface area contributed by atoms with Gasteiger partial charge in [-0.25, -0.2) is 0 Å². The number of hydrogen-bond acceptors (Lipinski definition) is 2. The number of rotatable bonds is 4. The highest BCUT2D eigenvalue weighted by Crippen LogP contribution is 2.35. The first-order chi connectivity index (χ1) is 8.58. The Balaban J connectivity index is 1.93.